The van der Waals surface area contributed by atoms with Gasteiger partial charge in [0, 0.05) is 0 Å². The predicted molar refractivity (Wildman–Crippen MR) is 65.2 cm³/mol. The standard InChI is InChI=1S/C13H15F3N2O/c1-2-13(6-3-7-17-13)12(19)18-9-5-4-8(14)10(15)11(9)16/h4-5,17H,2-3,6-7H2,1H3,(H,18,19). The highest BCUT2D eigenvalue weighted by molar-refractivity contribution is 5.98. The molecular formula is C13H15F3N2O. The summed E-state index contributed by atoms with van der Waals surface area (Å²) in [5, 5.41) is 5.41. The molecule has 1 aromatic rings. The van der Waals surface area contributed by atoms with E-state index in [0.717, 1.165) is 18.6 Å². The van der Waals surface area contributed by atoms with Crippen LogP contribution in [0.2, 0.25) is 0 Å². The lowest BCUT2D eigenvalue weighted by Crippen LogP contribution is -2.50. The Bertz CT molecular complexity index is 499. The molecule has 1 aliphatic rings. The van der Waals surface area contributed by atoms with Gasteiger partial charge in [-0.2, -0.15) is 0 Å². The minimum Gasteiger partial charge on any atom is -0.322 e. The fourth-order valence-electron chi connectivity index (χ4n) is 2.33. The highest BCUT2D eigenvalue weighted by Crippen LogP contribution is 2.26. The maximum absolute atomic E-state index is 13.5. The summed E-state index contributed by atoms with van der Waals surface area (Å²) >= 11 is 0. The van der Waals surface area contributed by atoms with Crippen molar-refractivity contribution >= 4 is 11.6 Å². The Balaban J connectivity index is 2.22. The van der Waals surface area contributed by atoms with Gasteiger partial charge in [0.15, 0.2) is 17.5 Å². The van der Waals surface area contributed by atoms with Crippen LogP contribution in [-0.4, -0.2) is 18.0 Å². The van der Waals surface area contributed by atoms with E-state index in [1.165, 1.54) is 0 Å². The molecule has 1 heterocycles. The van der Waals surface area contributed by atoms with E-state index >= 15 is 0 Å². The van der Waals surface area contributed by atoms with Gasteiger partial charge in [-0.15, -0.1) is 0 Å². The van der Waals surface area contributed by atoms with Gasteiger partial charge in [0.05, 0.1) is 11.2 Å². The van der Waals surface area contributed by atoms with Gasteiger partial charge in [-0.1, -0.05) is 6.92 Å². The molecule has 1 aliphatic heterocycles. The Kier molecular flexibility index (Phi) is 3.80. The Morgan fingerprint density at radius 2 is 2.11 bits per heavy atom. The van der Waals surface area contributed by atoms with Crippen molar-refractivity contribution in [2.45, 2.75) is 31.7 Å². The van der Waals surface area contributed by atoms with Crippen LogP contribution in [0, 0.1) is 17.5 Å². The van der Waals surface area contributed by atoms with Gasteiger partial charge in [0.1, 0.15) is 0 Å². The van der Waals surface area contributed by atoms with Gasteiger partial charge in [-0.05, 0) is 37.9 Å². The van der Waals surface area contributed by atoms with Crippen molar-refractivity contribution in [3.63, 3.8) is 0 Å². The molecule has 2 rings (SSSR count). The summed E-state index contributed by atoms with van der Waals surface area (Å²) in [7, 11) is 0. The molecule has 2 N–H and O–H groups in total. The van der Waals surface area contributed by atoms with Crippen LogP contribution in [0.3, 0.4) is 0 Å². The Morgan fingerprint density at radius 1 is 1.37 bits per heavy atom. The van der Waals surface area contributed by atoms with E-state index in [4.69, 9.17) is 0 Å². The van der Waals surface area contributed by atoms with Crippen LogP contribution in [0.5, 0.6) is 0 Å². The van der Waals surface area contributed by atoms with Crippen molar-refractivity contribution < 1.29 is 18.0 Å². The molecule has 0 aliphatic carbocycles. The summed E-state index contributed by atoms with van der Waals surface area (Å²) in [6.07, 6.45) is 2.03. The molecule has 1 amide bonds. The summed E-state index contributed by atoms with van der Waals surface area (Å²) in [4.78, 5) is 12.2. The number of amides is 1. The van der Waals surface area contributed by atoms with E-state index in [-0.39, 0.29) is 5.69 Å². The smallest absolute Gasteiger partial charge is 0.244 e. The van der Waals surface area contributed by atoms with E-state index in [1.54, 1.807) is 0 Å². The zero-order chi connectivity index (χ0) is 14.0. The molecule has 1 unspecified atom stereocenters. The van der Waals surface area contributed by atoms with Crippen molar-refractivity contribution in [1.82, 2.24) is 5.32 Å². The maximum atomic E-state index is 13.5. The van der Waals surface area contributed by atoms with Gasteiger partial charge < -0.3 is 10.6 Å². The van der Waals surface area contributed by atoms with Crippen molar-refractivity contribution in [1.29, 1.82) is 0 Å². The zero-order valence-corrected chi connectivity index (χ0v) is 10.5. The van der Waals surface area contributed by atoms with Crippen LogP contribution in [0.1, 0.15) is 26.2 Å². The van der Waals surface area contributed by atoms with Crippen LogP contribution in [0.15, 0.2) is 12.1 Å². The summed E-state index contributed by atoms with van der Waals surface area (Å²) < 4.78 is 39.4. The molecule has 1 saturated heterocycles. The fourth-order valence-corrected chi connectivity index (χ4v) is 2.33. The first-order chi connectivity index (χ1) is 9.00. The van der Waals surface area contributed by atoms with E-state index < -0.39 is 28.9 Å². The molecule has 104 valence electrons. The van der Waals surface area contributed by atoms with Gasteiger partial charge in [0.25, 0.3) is 0 Å². The summed E-state index contributed by atoms with van der Waals surface area (Å²) in [5.74, 6) is -4.66. The summed E-state index contributed by atoms with van der Waals surface area (Å²) in [6, 6.07) is 1.80. The monoisotopic (exact) mass is 272 g/mol. The molecule has 1 fully saturated rings. The highest BCUT2D eigenvalue weighted by Gasteiger charge is 2.39. The van der Waals surface area contributed by atoms with E-state index in [0.29, 0.717) is 19.4 Å². The molecule has 0 bridgehead atoms. The molecular weight excluding hydrogens is 257 g/mol. The average Bonchev–Trinajstić information content (AvgIpc) is 2.89. The first kappa shape index (κ1) is 13.9. The lowest BCUT2D eigenvalue weighted by Gasteiger charge is -2.26. The number of hydrogen-bond donors (Lipinski definition) is 2. The van der Waals surface area contributed by atoms with Crippen molar-refractivity contribution in [3.8, 4) is 0 Å². The maximum Gasteiger partial charge on any atom is 0.244 e. The summed E-state index contributed by atoms with van der Waals surface area (Å²) in [5.41, 5.74) is -1.09. The number of nitrogens with one attached hydrogen (secondary N) is 2. The number of carbonyl (C=O) groups is 1. The second-order valence-electron chi connectivity index (χ2n) is 4.64. The second kappa shape index (κ2) is 5.21. The molecule has 19 heavy (non-hydrogen) atoms. The van der Waals surface area contributed by atoms with Crippen molar-refractivity contribution in [3.05, 3.63) is 29.6 Å². The third kappa shape index (κ3) is 2.45. The van der Waals surface area contributed by atoms with Gasteiger partial charge in [-0.3, -0.25) is 4.79 Å². The quantitative estimate of drug-likeness (QED) is 0.830. The number of hydrogen-bond acceptors (Lipinski definition) is 2. The minimum absolute atomic E-state index is 0.342. The average molecular weight is 272 g/mol. The van der Waals surface area contributed by atoms with Gasteiger partial charge in [0.2, 0.25) is 5.91 Å². The fraction of sp³-hybridized carbons (Fsp3) is 0.462. The van der Waals surface area contributed by atoms with E-state index in [1.807, 2.05) is 6.92 Å². The van der Waals surface area contributed by atoms with Crippen LogP contribution in [0.25, 0.3) is 0 Å². The van der Waals surface area contributed by atoms with Crippen LogP contribution >= 0.6 is 0 Å². The number of carbonyl (C=O) groups excluding carboxylic acids is 1. The van der Waals surface area contributed by atoms with Crippen LogP contribution in [-0.2, 0) is 4.79 Å². The Hall–Kier alpha value is -1.56. The van der Waals surface area contributed by atoms with Gasteiger partial charge in [-0.25, -0.2) is 13.2 Å². The molecule has 1 aromatic carbocycles. The summed E-state index contributed by atoms with van der Waals surface area (Å²) in [6.45, 7) is 2.56. The lowest BCUT2D eigenvalue weighted by atomic mass is 9.93. The predicted octanol–water partition coefficient (Wildman–Crippen LogP) is 2.57. The third-order valence-electron chi connectivity index (χ3n) is 3.57. The molecule has 0 aromatic heterocycles. The second-order valence-corrected chi connectivity index (χ2v) is 4.64. The van der Waals surface area contributed by atoms with Crippen LogP contribution in [0.4, 0.5) is 18.9 Å². The molecule has 0 radical (unpaired) electrons. The Morgan fingerprint density at radius 3 is 2.68 bits per heavy atom. The molecule has 1 atom stereocenters. The van der Waals surface area contributed by atoms with Crippen molar-refractivity contribution in [2.24, 2.45) is 0 Å². The molecule has 3 nitrogen and oxygen atoms in total. The first-order valence-corrected chi connectivity index (χ1v) is 6.20. The number of rotatable bonds is 3. The SMILES string of the molecule is CCC1(C(=O)Nc2ccc(F)c(F)c2F)CCCN1. The lowest BCUT2D eigenvalue weighted by molar-refractivity contribution is -0.122. The largest absolute Gasteiger partial charge is 0.322 e. The molecule has 0 saturated carbocycles. The Labute approximate surface area is 109 Å². The van der Waals surface area contributed by atoms with E-state index in [9.17, 15) is 18.0 Å². The minimum atomic E-state index is -1.58. The highest BCUT2D eigenvalue weighted by atomic mass is 19.2. The number of benzene rings is 1. The molecule has 0 spiro atoms. The molecule has 6 heteroatoms. The van der Waals surface area contributed by atoms with Gasteiger partial charge >= 0.3 is 0 Å². The zero-order valence-electron chi connectivity index (χ0n) is 10.5. The number of halogens is 3. The normalized spacial score (nSPS) is 22.5. The van der Waals surface area contributed by atoms with Crippen LogP contribution < -0.4 is 10.6 Å². The van der Waals surface area contributed by atoms with Crippen molar-refractivity contribution in [2.75, 3.05) is 11.9 Å². The van der Waals surface area contributed by atoms with E-state index in [2.05, 4.69) is 10.6 Å². The topological polar surface area (TPSA) is 41.1 Å². The third-order valence-corrected chi connectivity index (χ3v) is 3.57. The number of anilines is 1. The first-order valence-electron chi connectivity index (χ1n) is 6.20.